The molecule has 2 aliphatic rings. The van der Waals surface area contributed by atoms with Crippen molar-refractivity contribution in [3.05, 3.63) is 34.9 Å². The fraction of sp³-hybridized carbons (Fsp3) is 0.538. The third-order valence-corrected chi connectivity index (χ3v) is 6.36. The maximum Gasteiger partial charge on any atom is 0.410 e. The van der Waals surface area contributed by atoms with Gasteiger partial charge in [0.1, 0.15) is 17.2 Å². The van der Waals surface area contributed by atoms with Crippen molar-refractivity contribution in [1.82, 2.24) is 14.9 Å². The number of piperazine rings is 1. The van der Waals surface area contributed by atoms with E-state index in [1.54, 1.807) is 4.90 Å². The second-order valence-corrected chi connectivity index (χ2v) is 10.2. The van der Waals surface area contributed by atoms with Gasteiger partial charge in [-0.3, -0.25) is 0 Å². The number of benzene rings is 1. The van der Waals surface area contributed by atoms with E-state index < -0.39 is 5.60 Å². The summed E-state index contributed by atoms with van der Waals surface area (Å²) in [6.45, 7) is 11.5. The Morgan fingerprint density at radius 3 is 2.56 bits per heavy atom. The lowest BCUT2D eigenvalue weighted by Gasteiger charge is -2.36. The van der Waals surface area contributed by atoms with Crippen molar-refractivity contribution in [2.24, 2.45) is 0 Å². The summed E-state index contributed by atoms with van der Waals surface area (Å²) in [4.78, 5) is 25.3. The van der Waals surface area contributed by atoms with Crippen LogP contribution in [0.1, 0.15) is 49.8 Å². The molecule has 0 aliphatic carbocycles. The number of hydrogen-bond acceptors (Lipinski definition) is 9. The van der Waals surface area contributed by atoms with Crippen LogP contribution in [-0.2, 0) is 9.47 Å². The third kappa shape index (κ3) is 6.04. The molecule has 1 aromatic heterocycles. The topological polar surface area (TPSA) is 113 Å². The van der Waals surface area contributed by atoms with Gasteiger partial charge in [0, 0.05) is 62.2 Å². The molecule has 4 rings (SSSR count). The Morgan fingerprint density at radius 1 is 1.19 bits per heavy atom. The molecule has 1 aromatic carbocycles. The Labute approximate surface area is 212 Å². The molecule has 1 unspecified atom stereocenters. The maximum atomic E-state index is 12.4. The lowest BCUT2D eigenvalue weighted by molar-refractivity contribution is 0.0240. The molecular weight excluding hydrogens is 460 g/mol. The first kappa shape index (κ1) is 25.7. The van der Waals surface area contributed by atoms with Crippen molar-refractivity contribution in [3.8, 4) is 6.01 Å². The SMILES string of the molecule is COc1nc(Nc2cc(C3CCOC3)c(C)cc2C=N)cc(N2CCN(C(=O)OC(C)(C)C)CC2)n1. The smallest absolute Gasteiger partial charge is 0.410 e. The molecule has 1 amide bonds. The highest BCUT2D eigenvalue weighted by atomic mass is 16.6. The van der Waals surface area contributed by atoms with E-state index in [4.69, 9.17) is 19.6 Å². The van der Waals surface area contributed by atoms with Gasteiger partial charge in [0.15, 0.2) is 0 Å². The molecule has 0 bridgehead atoms. The predicted molar refractivity (Wildman–Crippen MR) is 139 cm³/mol. The normalized spacial score (nSPS) is 18.2. The van der Waals surface area contributed by atoms with E-state index in [0.29, 0.717) is 50.3 Å². The number of aromatic nitrogens is 2. The van der Waals surface area contributed by atoms with Gasteiger partial charge in [-0.05, 0) is 57.4 Å². The lowest BCUT2D eigenvalue weighted by Crippen LogP contribution is -2.50. The lowest BCUT2D eigenvalue weighted by atomic mass is 9.92. The van der Waals surface area contributed by atoms with Gasteiger partial charge in [-0.15, -0.1) is 0 Å². The Balaban J connectivity index is 1.53. The number of hydrogen-bond donors (Lipinski definition) is 2. The van der Waals surface area contributed by atoms with E-state index >= 15 is 0 Å². The summed E-state index contributed by atoms with van der Waals surface area (Å²) in [6, 6.07) is 6.25. The molecule has 0 saturated carbocycles. The van der Waals surface area contributed by atoms with Crippen molar-refractivity contribution in [1.29, 1.82) is 5.41 Å². The van der Waals surface area contributed by atoms with Crippen LogP contribution >= 0.6 is 0 Å². The maximum absolute atomic E-state index is 12.4. The standard InChI is InChI=1S/C26H36N6O4/c1-17-12-19(15-27)21(13-20(17)18-6-11-35-16-18)28-22-14-23(30-24(29-22)34-5)31-7-9-32(10-8-31)25(33)36-26(2,3)4/h12-15,18,27H,6-11,16H2,1-5H3,(H,28,29,30). The first-order chi connectivity index (χ1) is 17.2. The molecule has 10 nitrogen and oxygen atoms in total. The largest absolute Gasteiger partial charge is 0.467 e. The van der Waals surface area contributed by atoms with Crippen LogP contribution in [0.5, 0.6) is 6.01 Å². The Hall–Kier alpha value is -3.40. The van der Waals surface area contributed by atoms with E-state index in [-0.39, 0.29) is 12.1 Å². The van der Waals surface area contributed by atoms with Crippen molar-refractivity contribution in [3.63, 3.8) is 0 Å². The highest BCUT2D eigenvalue weighted by molar-refractivity contribution is 5.88. The van der Waals surface area contributed by atoms with Crippen molar-refractivity contribution in [2.45, 2.75) is 45.6 Å². The second kappa shape index (κ2) is 10.7. The summed E-state index contributed by atoms with van der Waals surface area (Å²) < 4.78 is 16.5. The number of nitrogens with zero attached hydrogens (tertiary/aromatic N) is 4. The summed E-state index contributed by atoms with van der Waals surface area (Å²) in [7, 11) is 1.54. The van der Waals surface area contributed by atoms with Gasteiger partial charge >= 0.3 is 12.1 Å². The number of methoxy groups -OCH3 is 1. The molecule has 2 fully saturated rings. The van der Waals surface area contributed by atoms with Gasteiger partial charge in [0.25, 0.3) is 0 Å². The summed E-state index contributed by atoms with van der Waals surface area (Å²) in [5, 5.41) is 11.3. The van der Waals surface area contributed by atoms with Crippen LogP contribution in [0, 0.1) is 12.3 Å². The highest BCUT2D eigenvalue weighted by Crippen LogP contribution is 2.33. The van der Waals surface area contributed by atoms with Crippen LogP contribution in [0.2, 0.25) is 0 Å². The zero-order chi connectivity index (χ0) is 25.9. The first-order valence-electron chi connectivity index (χ1n) is 12.3. The zero-order valence-corrected chi connectivity index (χ0v) is 21.8. The fourth-order valence-corrected chi connectivity index (χ4v) is 4.51. The molecule has 36 heavy (non-hydrogen) atoms. The van der Waals surface area contributed by atoms with Crippen molar-refractivity contribution >= 4 is 29.6 Å². The molecule has 2 aliphatic heterocycles. The van der Waals surface area contributed by atoms with Crippen LogP contribution in [0.25, 0.3) is 0 Å². The molecule has 0 spiro atoms. The van der Waals surface area contributed by atoms with Crippen molar-refractivity contribution in [2.75, 3.05) is 56.7 Å². The molecule has 2 aromatic rings. The molecule has 1 atom stereocenters. The predicted octanol–water partition coefficient (Wildman–Crippen LogP) is 4.10. The summed E-state index contributed by atoms with van der Waals surface area (Å²) in [6.07, 6.45) is 2.04. The van der Waals surface area contributed by atoms with E-state index in [1.165, 1.54) is 18.9 Å². The van der Waals surface area contributed by atoms with Gasteiger partial charge in [0.05, 0.1) is 13.7 Å². The Morgan fingerprint density at radius 2 is 1.94 bits per heavy atom. The zero-order valence-electron chi connectivity index (χ0n) is 21.8. The molecule has 2 N–H and O–H groups in total. The van der Waals surface area contributed by atoms with Gasteiger partial charge in [-0.25, -0.2) is 4.79 Å². The van der Waals surface area contributed by atoms with Crippen LogP contribution in [0.15, 0.2) is 18.2 Å². The minimum absolute atomic E-state index is 0.248. The number of anilines is 3. The molecule has 0 radical (unpaired) electrons. The minimum atomic E-state index is -0.523. The summed E-state index contributed by atoms with van der Waals surface area (Å²) in [5.74, 6) is 1.63. The summed E-state index contributed by atoms with van der Waals surface area (Å²) in [5.41, 5.74) is 3.43. The number of rotatable bonds is 6. The molecule has 3 heterocycles. The van der Waals surface area contributed by atoms with Gasteiger partial charge in [-0.2, -0.15) is 9.97 Å². The number of ether oxygens (including phenoxy) is 3. The Bertz CT molecular complexity index is 1100. The average Bonchev–Trinajstić information content (AvgIpc) is 3.38. The number of amides is 1. The van der Waals surface area contributed by atoms with Gasteiger partial charge in [-0.1, -0.05) is 0 Å². The van der Waals surface area contributed by atoms with Gasteiger partial charge in [0.2, 0.25) is 0 Å². The second-order valence-electron chi connectivity index (χ2n) is 10.2. The monoisotopic (exact) mass is 496 g/mol. The quantitative estimate of drug-likeness (QED) is 0.575. The molecule has 10 heteroatoms. The van der Waals surface area contributed by atoms with E-state index in [0.717, 1.165) is 29.8 Å². The van der Waals surface area contributed by atoms with E-state index in [2.05, 4.69) is 33.2 Å². The molecular formula is C26H36N6O4. The number of nitrogens with one attached hydrogen (secondary N) is 2. The molecule has 2 saturated heterocycles. The highest BCUT2D eigenvalue weighted by Gasteiger charge is 2.27. The summed E-state index contributed by atoms with van der Waals surface area (Å²) >= 11 is 0. The van der Waals surface area contributed by atoms with Crippen LogP contribution in [-0.4, -0.2) is 79.3 Å². The number of carbonyl (C=O) groups is 1. The van der Waals surface area contributed by atoms with Crippen LogP contribution in [0.4, 0.5) is 22.1 Å². The van der Waals surface area contributed by atoms with Crippen LogP contribution < -0.4 is 15.0 Å². The van der Waals surface area contributed by atoms with E-state index in [1.807, 2.05) is 32.9 Å². The minimum Gasteiger partial charge on any atom is -0.467 e. The van der Waals surface area contributed by atoms with E-state index in [9.17, 15) is 4.79 Å². The number of aryl methyl sites for hydroxylation is 1. The van der Waals surface area contributed by atoms with Crippen molar-refractivity contribution < 1.29 is 19.0 Å². The van der Waals surface area contributed by atoms with Crippen LogP contribution in [0.3, 0.4) is 0 Å². The average molecular weight is 497 g/mol. The Kier molecular flexibility index (Phi) is 7.63. The molecule has 194 valence electrons. The fourth-order valence-electron chi connectivity index (χ4n) is 4.51. The van der Waals surface area contributed by atoms with Gasteiger partial charge < -0.3 is 34.7 Å². The first-order valence-corrected chi connectivity index (χ1v) is 12.3. The third-order valence-electron chi connectivity index (χ3n) is 6.36. The number of carbonyl (C=O) groups excluding carboxylic acids is 1.